The van der Waals surface area contributed by atoms with Gasteiger partial charge in [0.1, 0.15) is 5.76 Å². The van der Waals surface area contributed by atoms with E-state index >= 15 is 0 Å². The van der Waals surface area contributed by atoms with Crippen molar-refractivity contribution in [3.05, 3.63) is 22.6 Å². The van der Waals surface area contributed by atoms with Crippen LogP contribution >= 0.6 is 15.9 Å². The maximum Gasteiger partial charge on any atom is 0.169 e. The second-order valence-corrected chi connectivity index (χ2v) is 4.03. The normalized spacial score (nSPS) is 13.1. The monoisotopic (exact) mass is 261 g/mol. The molecule has 3 nitrogen and oxygen atoms in total. The van der Waals surface area contributed by atoms with Crippen molar-refractivity contribution in [3.63, 3.8) is 0 Å². The minimum atomic E-state index is 0.222. The third-order valence-electron chi connectivity index (χ3n) is 2.06. The van der Waals surface area contributed by atoms with Crippen molar-refractivity contribution in [2.75, 3.05) is 13.2 Å². The molecule has 0 aliphatic carbocycles. The van der Waals surface area contributed by atoms with E-state index in [9.17, 15) is 0 Å². The first-order chi connectivity index (χ1) is 6.74. The van der Waals surface area contributed by atoms with Gasteiger partial charge in [-0.25, -0.2) is 0 Å². The molecule has 0 spiro atoms. The fraction of sp³-hybridized carbons (Fsp3) is 0.600. The van der Waals surface area contributed by atoms with Crippen LogP contribution in [-0.2, 0) is 0 Å². The van der Waals surface area contributed by atoms with Crippen molar-refractivity contribution in [3.8, 4) is 0 Å². The number of hydrogen-bond acceptors (Lipinski definition) is 3. The highest BCUT2D eigenvalue weighted by Gasteiger charge is 2.07. The number of rotatable bonds is 6. The number of halogens is 1. The number of furan rings is 1. The van der Waals surface area contributed by atoms with Crippen LogP contribution in [0.4, 0.5) is 0 Å². The molecule has 1 atom stereocenters. The molecule has 2 N–H and O–H groups in total. The van der Waals surface area contributed by atoms with Crippen LogP contribution in [0.15, 0.2) is 21.2 Å². The third kappa shape index (κ3) is 3.82. The maximum absolute atomic E-state index is 8.60. The van der Waals surface area contributed by atoms with Crippen molar-refractivity contribution in [2.45, 2.75) is 25.8 Å². The Labute approximate surface area is 92.6 Å². The molecule has 0 saturated carbocycles. The first-order valence-corrected chi connectivity index (χ1v) is 5.63. The first kappa shape index (κ1) is 11.8. The summed E-state index contributed by atoms with van der Waals surface area (Å²) in [6.45, 7) is 3.23. The van der Waals surface area contributed by atoms with Gasteiger partial charge in [-0.15, -0.1) is 0 Å². The van der Waals surface area contributed by atoms with E-state index in [0.29, 0.717) is 0 Å². The van der Waals surface area contributed by atoms with Gasteiger partial charge >= 0.3 is 0 Å². The minimum Gasteiger partial charge on any atom is -0.453 e. The van der Waals surface area contributed by atoms with Gasteiger partial charge in [-0.3, -0.25) is 0 Å². The molecule has 1 heterocycles. The molecule has 1 rings (SSSR count). The van der Waals surface area contributed by atoms with E-state index in [1.807, 2.05) is 12.1 Å². The van der Waals surface area contributed by atoms with Gasteiger partial charge < -0.3 is 14.8 Å². The Hall–Kier alpha value is -0.320. The van der Waals surface area contributed by atoms with Crippen LogP contribution in [0.5, 0.6) is 0 Å². The number of aliphatic hydroxyl groups is 1. The average molecular weight is 262 g/mol. The summed E-state index contributed by atoms with van der Waals surface area (Å²) in [6, 6.07) is 4.06. The van der Waals surface area contributed by atoms with Gasteiger partial charge in [0.2, 0.25) is 0 Å². The topological polar surface area (TPSA) is 45.4 Å². The molecule has 0 aromatic carbocycles. The standard InChI is InChI=1S/C10H16BrNO2/c1-8(12-6-2-3-7-13)9-4-5-10(11)14-9/h4-5,8,12-13H,2-3,6-7H2,1H3. The zero-order chi connectivity index (χ0) is 10.4. The fourth-order valence-electron chi connectivity index (χ4n) is 1.22. The SMILES string of the molecule is CC(NCCCCO)c1ccc(Br)o1. The lowest BCUT2D eigenvalue weighted by atomic mass is 10.2. The lowest BCUT2D eigenvalue weighted by molar-refractivity contribution is 0.282. The van der Waals surface area contributed by atoms with Crippen LogP contribution in [0.25, 0.3) is 0 Å². The smallest absolute Gasteiger partial charge is 0.169 e. The average Bonchev–Trinajstić information content (AvgIpc) is 2.59. The van der Waals surface area contributed by atoms with Gasteiger partial charge in [-0.05, 0) is 54.4 Å². The molecular formula is C10H16BrNO2. The van der Waals surface area contributed by atoms with Gasteiger partial charge in [-0.1, -0.05) is 0 Å². The molecule has 4 heteroatoms. The second-order valence-electron chi connectivity index (χ2n) is 3.25. The van der Waals surface area contributed by atoms with Gasteiger partial charge in [0.25, 0.3) is 0 Å². The van der Waals surface area contributed by atoms with Crippen LogP contribution < -0.4 is 5.32 Å². The zero-order valence-electron chi connectivity index (χ0n) is 8.29. The van der Waals surface area contributed by atoms with Crippen molar-refractivity contribution in [1.82, 2.24) is 5.32 Å². The molecule has 14 heavy (non-hydrogen) atoms. The zero-order valence-corrected chi connectivity index (χ0v) is 9.88. The van der Waals surface area contributed by atoms with E-state index in [2.05, 4.69) is 28.2 Å². The largest absolute Gasteiger partial charge is 0.453 e. The number of nitrogens with one attached hydrogen (secondary N) is 1. The van der Waals surface area contributed by atoms with Crippen molar-refractivity contribution in [1.29, 1.82) is 0 Å². The lowest BCUT2D eigenvalue weighted by Crippen LogP contribution is -2.19. The van der Waals surface area contributed by atoms with Crippen LogP contribution in [0.1, 0.15) is 31.6 Å². The van der Waals surface area contributed by atoms with Gasteiger partial charge in [0, 0.05) is 6.61 Å². The molecule has 1 aromatic rings. The van der Waals surface area contributed by atoms with Gasteiger partial charge in [-0.2, -0.15) is 0 Å². The molecule has 0 radical (unpaired) electrons. The Morgan fingerprint density at radius 2 is 2.29 bits per heavy atom. The predicted molar refractivity (Wildman–Crippen MR) is 59.1 cm³/mol. The van der Waals surface area contributed by atoms with Gasteiger partial charge in [0.15, 0.2) is 4.67 Å². The van der Waals surface area contributed by atoms with E-state index < -0.39 is 0 Å². The molecule has 0 saturated heterocycles. The molecule has 0 fully saturated rings. The molecule has 1 aromatic heterocycles. The van der Waals surface area contributed by atoms with E-state index in [1.54, 1.807) is 0 Å². The second kappa shape index (κ2) is 6.22. The number of aliphatic hydroxyl groups excluding tert-OH is 1. The van der Waals surface area contributed by atoms with E-state index in [4.69, 9.17) is 9.52 Å². The summed E-state index contributed by atoms with van der Waals surface area (Å²) in [7, 11) is 0. The van der Waals surface area contributed by atoms with E-state index in [-0.39, 0.29) is 12.6 Å². The predicted octanol–water partition coefficient (Wildman–Crippen LogP) is 2.47. The lowest BCUT2D eigenvalue weighted by Gasteiger charge is -2.10. The third-order valence-corrected chi connectivity index (χ3v) is 2.48. The quantitative estimate of drug-likeness (QED) is 0.774. The summed E-state index contributed by atoms with van der Waals surface area (Å²) in [5, 5.41) is 11.9. The molecule has 0 aliphatic rings. The molecular weight excluding hydrogens is 246 g/mol. The molecule has 1 unspecified atom stereocenters. The first-order valence-electron chi connectivity index (χ1n) is 4.83. The van der Waals surface area contributed by atoms with Crippen LogP contribution in [-0.4, -0.2) is 18.3 Å². The Kier molecular flexibility index (Phi) is 5.22. The minimum absolute atomic E-state index is 0.222. The summed E-state index contributed by atoms with van der Waals surface area (Å²) in [5.74, 6) is 0.931. The van der Waals surface area contributed by atoms with Crippen LogP contribution in [0, 0.1) is 0 Å². The Bertz CT molecular complexity index is 262. The fourth-order valence-corrected chi connectivity index (χ4v) is 1.54. The maximum atomic E-state index is 8.60. The van der Waals surface area contributed by atoms with Crippen molar-refractivity contribution >= 4 is 15.9 Å². The summed E-state index contributed by atoms with van der Waals surface area (Å²) in [4.78, 5) is 0. The van der Waals surface area contributed by atoms with Gasteiger partial charge in [0.05, 0.1) is 6.04 Å². The Morgan fingerprint density at radius 1 is 1.50 bits per heavy atom. The summed E-state index contributed by atoms with van der Waals surface area (Å²) in [6.07, 6.45) is 1.84. The van der Waals surface area contributed by atoms with E-state index in [0.717, 1.165) is 29.8 Å². The summed E-state index contributed by atoms with van der Waals surface area (Å²) >= 11 is 3.27. The van der Waals surface area contributed by atoms with Crippen LogP contribution in [0.3, 0.4) is 0 Å². The number of hydrogen-bond donors (Lipinski definition) is 2. The van der Waals surface area contributed by atoms with Crippen LogP contribution in [0.2, 0.25) is 0 Å². The highest BCUT2D eigenvalue weighted by Crippen LogP contribution is 2.19. The highest BCUT2D eigenvalue weighted by molar-refractivity contribution is 9.10. The molecule has 80 valence electrons. The number of unbranched alkanes of at least 4 members (excludes halogenated alkanes) is 1. The Balaban J connectivity index is 2.25. The Morgan fingerprint density at radius 3 is 2.86 bits per heavy atom. The molecule has 0 bridgehead atoms. The molecule has 0 aliphatic heterocycles. The molecule has 0 amide bonds. The van der Waals surface area contributed by atoms with Crippen molar-refractivity contribution < 1.29 is 9.52 Å². The summed E-state index contributed by atoms with van der Waals surface area (Å²) in [5.41, 5.74) is 0. The summed E-state index contributed by atoms with van der Waals surface area (Å²) < 4.78 is 6.17. The highest BCUT2D eigenvalue weighted by atomic mass is 79.9. The van der Waals surface area contributed by atoms with Crippen molar-refractivity contribution in [2.24, 2.45) is 0 Å². The van der Waals surface area contributed by atoms with E-state index in [1.165, 1.54) is 0 Å².